The minimum atomic E-state index is -0.0961. The van der Waals surface area contributed by atoms with Gasteiger partial charge in [0, 0.05) is 13.1 Å². The van der Waals surface area contributed by atoms with Crippen molar-refractivity contribution >= 4 is 23.3 Å². The Bertz CT molecular complexity index is 551. The Kier molecular flexibility index (Phi) is 3.01. The standard InChI is InChI=1S/C13H17ClN4O/c1-7-2-3-8-5-18(6-9(8)4-7)13(19)11-10(14)12(15)17-16-11/h2,8-9H,3-6H2,1H3,(H3,15,16,17)/t8-,9+/m0/s1. The number of halogens is 1. The van der Waals surface area contributed by atoms with Gasteiger partial charge in [-0.05, 0) is 31.6 Å². The topological polar surface area (TPSA) is 75.0 Å². The number of rotatable bonds is 1. The van der Waals surface area contributed by atoms with E-state index in [0.717, 1.165) is 25.9 Å². The summed E-state index contributed by atoms with van der Waals surface area (Å²) in [5.74, 6) is 1.24. The van der Waals surface area contributed by atoms with E-state index in [1.165, 1.54) is 5.57 Å². The summed E-state index contributed by atoms with van der Waals surface area (Å²) in [5.41, 5.74) is 7.30. The number of carbonyl (C=O) groups excluding carboxylic acids is 1. The van der Waals surface area contributed by atoms with Crippen LogP contribution in [0, 0.1) is 11.8 Å². The minimum absolute atomic E-state index is 0.0961. The van der Waals surface area contributed by atoms with Crippen molar-refractivity contribution in [1.82, 2.24) is 15.1 Å². The van der Waals surface area contributed by atoms with Crippen molar-refractivity contribution in [2.75, 3.05) is 18.8 Å². The quantitative estimate of drug-likeness (QED) is 0.773. The number of carbonyl (C=O) groups is 1. The smallest absolute Gasteiger partial charge is 0.273 e. The van der Waals surface area contributed by atoms with E-state index in [2.05, 4.69) is 23.2 Å². The lowest BCUT2D eigenvalue weighted by Crippen LogP contribution is -2.29. The number of likely N-dealkylation sites (tertiary alicyclic amines) is 1. The number of nitrogens with one attached hydrogen (secondary N) is 1. The summed E-state index contributed by atoms with van der Waals surface area (Å²) in [7, 11) is 0. The molecule has 0 bridgehead atoms. The molecule has 3 rings (SSSR count). The Morgan fingerprint density at radius 2 is 2.26 bits per heavy atom. The molecule has 0 aromatic carbocycles. The minimum Gasteiger partial charge on any atom is -0.381 e. The molecule has 3 N–H and O–H groups in total. The van der Waals surface area contributed by atoms with Gasteiger partial charge in [-0.15, -0.1) is 0 Å². The molecule has 0 radical (unpaired) electrons. The molecule has 0 spiro atoms. The van der Waals surface area contributed by atoms with E-state index >= 15 is 0 Å². The van der Waals surface area contributed by atoms with Gasteiger partial charge in [0.15, 0.2) is 5.82 Å². The first kappa shape index (κ1) is 12.5. The van der Waals surface area contributed by atoms with Crippen molar-refractivity contribution in [3.63, 3.8) is 0 Å². The zero-order valence-electron chi connectivity index (χ0n) is 10.8. The predicted octanol–water partition coefficient (Wildman–Crippen LogP) is 2.07. The molecular weight excluding hydrogens is 264 g/mol. The van der Waals surface area contributed by atoms with Gasteiger partial charge < -0.3 is 10.6 Å². The number of hydrogen-bond donors (Lipinski definition) is 2. The highest BCUT2D eigenvalue weighted by Crippen LogP contribution is 2.36. The summed E-state index contributed by atoms with van der Waals surface area (Å²) in [6.45, 7) is 3.75. The van der Waals surface area contributed by atoms with Crippen LogP contribution in [0.2, 0.25) is 5.02 Å². The summed E-state index contributed by atoms with van der Waals surface area (Å²) in [6.07, 6.45) is 4.45. The predicted molar refractivity (Wildman–Crippen MR) is 73.9 cm³/mol. The van der Waals surface area contributed by atoms with Crippen LogP contribution in [0.15, 0.2) is 11.6 Å². The Morgan fingerprint density at radius 3 is 2.95 bits per heavy atom. The molecule has 102 valence electrons. The Morgan fingerprint density at radius 1 is 1.53 bits per heavy atom. The second-order valence-electron chi connectivity index (χ2n) is 5.52. The van der Waals surface area contributed by atoms with Crippen LogP contribution >= 0.6 is 11.6 Å². The van der Waals surface area contributed by atoms with Crippen molar-refractivity contribution in [3.05, 3.63) is 22.4 Å². The van der Waals surface area contributed by atoms with E-state index in [-0.39, 0.29) is 16.7 Å². The average Bonchev–Trinajstić information content (AvgIpc) is 2.93. The Balaban J connectivity index is 1.75. The molecule has 2 heterocycles. The number of hydrogen-bond acceptors (Lipinski definition) is 3. The van der Waals surface area contributed by atoms with Crippen molar-refractivity contribution in [3.8, 4) is 0 Å². The molecule has 0 saturated carbocycles. The summed E-state index contributed by atoms with van der Waals surface area (Å²) in [6, 6.07) is 0. The highest BCUT2D eigenvalue weighted by Gasteiger charge is 2.37. The maximum absolute atomic E-state index is 12.4. The number of allylic oxidation sites excluding steroid dienone is 2. The molecule has 1 fully saturated rings. The number of anilines is 1. The lowest BCUT2D eigenvalue weighted by molar-refractivity contribution is 0.0778. The number of nitrogen functional groups attached to an aromatic ring is 1. The van der Waals surface area contributed by atoms with Crippen LogP contribution in [0.1, 0.15) is 30.3 Å². The molecule has 0 unspecified atom stereocenters. The van der Waals surface area contributed by atoms with Crippen LogP contribution in [0.5, 0.6) is 0 Å². The van der Waals surface area contributed by atoms with E-state index in [0.29, 0.717) is 17.5 Å². The van der Waals surface area contributed by atoms with Crippen LogP contribution in [-0.2, 0) is 0 Å². The maximum Gasteiger partial charge on any atom is 0.273 e. The molecule has 1 aliphatic carbocycles. The van der Waals surface area contributed by atoms with Crippen molar-refractivity contribution in [1.29, 1.82) is 0 Å². The molecule has 5 nitrogen and oxygen atoms in total. The van der Waals surface area contributed by atoms with Crippen molar-refractivity contribution in [2.24, 2.45) is 11.8 Å². The van der Waals surface area contributed by atoms with Crippen molar-refractivity contribution in [2.45, 2.75) is 19.8 Å². The SMILES string of the molecule is CC1=CC[C@H]2CN(C(=O)c3[nH]nc(N)c3Cl)C[C@H]2C1. The first-order chi connectivity index (χ1) is 9.06. The summed E-state index contributed by atoms with van der Waals surface area (Å²) >= 11 is 5.98. The summed E-state index contributed by atoms with van der Waals surface area (Å²) in [4.78, 5) is 14.3. The molecule has 19 heavy (non-hydrogen) atoms. The number of fused-ring (bicyclic) bond motifs is 1. The second kappa shape index (κ2) is 4.56. The van der Waals surface area contributed by atoms with Crippen molar-refractivity contribution < 1.29 is 4.79 Å². The van der Waals surface area contributed by atoms with Gasteiger partial charge in [0.2, 0.25) is 0 Å². The van der Waals surface area contributed by atoms with Crippen LogP contribution in [0.4, 0.5) is 5.82 Å². The molecule has 1 amide bonds. The largest absolute Gasteiger partial charge is 0.381 e. The third kappa shape index (κ3) is 2.12. The van der Waals surface area contributed by atoms with Crippen LogP contribution in [-0.4, -0.2) is 34.1 Å². The monoisotopic (exact) mass is 280 g/mol. The zero-order chi connectivity index (χ0) is 13.6. The summed E-state index contributed by atoms with van der Waals surface area (Å²) in [5, 5.41) is 6.63. The van der Waals surface area contributed by atoms with Crippen LogP contribution in [0.3, 0.4) is 0 Å². The molecule has 1 saturated heterocycles. The second-order valence-corrected chi connectivity index (χ2v) is 5.90. The fourth-order valence-corrected chi connectivity index (χ4v) is 3.26. The normalized spacial score (nSPS) is 26.2. The molecule has 6 heteroatoms. The Hall–Kier alpha value is -1.49. The van der Waals surface area contributed by atoms with Gasteiger partial charge in [-0.25, -0.2) is 0 Å². The third-order valence-electron chi connectivity index (χ3n) is 4.16. The molecule has 1 aromatic heterocycles. The first-order valence-corrected chi connectivity index (χ1v) is 6.88. The number of nitrogens with zero attached hydrogens (tertiary/aromatic N) is 2. The first-order valence-electron chi connectivity index (χ1n) is 6.50. The van der Waals surface area contributed by atoms with E-state index in [1.54, 1.807) is 0 Å². The van der Waals surface area contributed by atoms with E-state index in [4.69, 9.17) is 17.3 Å². The van der Waals surface area contributed by atoms with Crippen LogP contribution in [0.25, 0.3) is 0 Å². The number of nitrogens with two attached hydrogens (primary N) is 1. The van der Waals surface area contributed by atoms with Gasteiger partial charge in [0.25, 0.3) is 5.91 Å². The van der Waals surface area contributed by atoms with E-state index in [9.17, 15) is 4.79 Å². The van der Waals surface area contributed by atoms with Gasteiger partial charge in [-0.1, -0.05) is 23.3 Å². The Labute approximate surface area is 116 Å². The fourth-order valence-electron chi connectivity index (χ4n) is 3.09. The zero-order valence-corrected chi connectivity index (χ0v) is 11.6. The average molecular weight is 281 g/mol. The number of aromatic nitrogens is 2. The summed E-state index contributed by atoms with van der Waals surface area (Å²) < 4.78 is 0. The van der Waals surface area contributed by atoms with Gasteiger partial charge in [-0.2, -0.15) is 5.10 Å². The molecule has 1 aliphatic heterocycles. The lowest BCUT2D eigenvalue weighted by atomic mass is 9.83. The number of amides is 1. The number of H-pyrrole nitrogens is 1. The van der Waals surface area contributed by atoms with Gasteiger partial charge in [0.1, 0.15) is 10.7 Å². The van der Waals surface area contributed by atoms with Crippen LogP contribution < -0.4 is 5.73 Å². The molecular formula is C13H17ClN4O. The molecule has 1 aromatic rings. The number of aromatic amines is 1. The fraction of sp³-hybridized carbons (Fsp3) is 0.538. The molecule has 2 aliphatic rings. The lowest BCUT2D eigenvalue weighted by Gasteiger charge is -2.21. The third-order valence-corrected chi connectivity index (χ3v) is 4.55. The molecule has 2 atom stereocenters. The van der Waals surface area contributed by atoms with Gasteiger partial charge in [-0.3, -0.25) is 9.89 Å². The highest BCUT2D eigenvalue weighted by atomic mass is 35.5. The van der Waals surface area contributed by atoms with E-state index in [1.807, 2.05) is 4.90 Å². The maximum atomic E-state index is 12.4. The highest BCUT2D eigenvalue weighted by molar-refractivity contribution is 6.35. The van der Waals surface area contributed by atoms with Gasteiger partial charge >= 0.3 is 0 Å². The van der Waals surface area contributed by atoms with Gasteiger partial charge in [0.05, 0.1) is 0 Å². The van der Waals surface area contributed by atoms with E-state index < -0.39 is 0 Å².